The van der Waals surface area contributed by atoms with Crippen molar-refractivity contribution in [1.29, 1.82) is 0 Å². The molecule has 24 heavy (non-hydrogen) atoms. The van der Waals surface area contributed by atoms with Crippen LogP contribution in [0.2, 0.25) is 5.02 Å². The Hall–Kier alpha value is -0.800. The minimum absolute atomic E-state index is 0.0130. The molecular weight excluding hydrogens is 370 g/mol. The van der Waals surface area contributed by atoms with Crippen LogP contribution in [0.4, 0.5) is 0 Å². The number of hydrogen-bond donors (Lipinski definition) is 1. The van der Waals surface area contributed by atoms with Gasteiger partial charge in [0.1, 0.15) is 4.90 Å². The van der Waals surface area contributed by atoms with Crippen LogP contribution in [0.5, 0.6) is 0 Å². The SMILES string of the molecule is CCN(CC)S(=O)(=O)c1cc(C2(O)CSC(=NC)N2C)ccc1Cl. The average molecular weight is 392 g/mol. The summed E-state index contributed by atoms with van der Waals surface area (Å²) in [5, 5.41) is 11.9. The lowest BCUT2D eigenvalue weighted by molar-refractivity contribution is -0.0349. The van der Waals surface area contributed by atoms with E-state index in [1.54, 1.807) is 38.9 Å². The van der Waals surface area contributed by atoms with E-state index in [2.05, 4.69) is 4.99 Å². The maximum Gasteiger partial charge on any atom is 0.244 e. The molecule has 0 amide bonds. The maximum absolute atomic E-state index is 12.8. The number of benzene rings is 1. The Bertz CT molecular complexity index is 750. The molecular formula is C15H22ClN3O3S2. The number of aliphatic hydroxyl groups is 1. The highest BCUT2D eigenvalue weighted by Gasteiger charge is 2.43. The lowest BCUT2D eigenvalue weighted by Crippen LogP contribution is -2.42. The Morgan fingerprint density at radius 2 is 2.04 bits per heavy atom. The molecule has 1 aromatic carbocycles. The monoisotopic (exact) mass is 391 g/mol. The Morgan fingerprint density at radius 1 is 1.42 bits per heavy atom. The van der Waals surface area contributed by atoms with Crippen LogP contribution in [0.1, 0.15) is 19.4 Å². The fraction of sp³-hybridized carbons (Fsp3) is 0.533. The van der Waals surface area contributed by atoms with Gasteiger partial charge in [0.05, 0.1) is 10.8 Å². The van der Waals surface area contributed by atoms with Gasteiger partial charge in [0.2, 0.25) is 10.0 Å². The molecule has 1 saturated heterocycles. The zero-order chi connectivity index (χ0) is 18.1. The van der Waals surface area contributed by atoms with E-state index in [0.717, 1.165) is 0 Å². The van der Waals surface area contributed by atoms with Gasteiger partial charge < -0.3 is 10.0 Å². The van der Waals surface area contributed by atoms with Crippen LogP contribution in [0.15, 0.2) is 28.1 Å². The van der Waals surface area contributed by atoms with Gasteiger partial charge in [-0.2, -0.15) is 4.31 Å². The molecule has 1 heterocycles. The minimum atomic E-state index is -3.71. The van der Waals surface area contributed by atoms with Gasteiger partial charge in [-0.25, -0.2) is 8.42 Å². The summed E-state index contributed by atoms with van der Waals surface area (Å²) in [6.07, 6.45) is 0. The third-order valence-electron chi connectivity index (χ3n) is 4.15. The van der Waals surface area contributed by atoms with E-state index in [9.17, 15) is 13.5 Å². The summed E-state index contributed by atoms with van der Waals surface area (Å²) in [6, 6.07) is 4.63. The average Bonchev–Trinajstić information content (AvgIpc) is 2.84. The first kappa shape index (κ1) is 19.5. The number of amidine groups is 1. The summed E-state index contributed by atoms with van der Waals surface area (Å²) in [7, 11) is -0.325. The lowest BCUT2D eigenvalue weighted by atomic mass is 10.0. The summed E-state index contributed by atoms with van der Waals surface area (Å²) in [5.41, 5.74) is -0.844. The standard InChI is InChI=1S/C15H22ClN3O3S2/c1-5-19(6-2)24(21,22)13-9-11(7-8-12(13)16)15(20)10-23-14(17-3)18(15)4/h7-9,20H,5-6,10H2,1-4H3. The van der Waals surface area contributed by atoms with Crippen LogP contribution in [-0.4, -0.2) is 60.8 Å². The highest BCUT2D eigenvalue weighted by molar-refractivity contribution is 8.14. The Morgan fingerprint density at radius 3 is 2.54 bits per heavy atom. The molecule has 1 unspecified atom stereocenters. The summed E-state index contributed by atoms with van der Waals surface area (Å²) < 4.78 is 27.0. The molecule has 1 aliphatic heterocycles. The van der Waals surface area contributed by atoms with Crippen molar-refractivity contribution in [1.82, 2.24) is 9.21 Å². The highest BCUT2D eigenvalue weighted by Crippen LogP contribution is 2.39. The molecule has 0 saturated carbocycles. The van der Waals surface area contributed by atoms with E-state index in [1.165, 1.54) is 28.2 Å². The highest BCUT2D eigenvalue weighted by atomic mass is 35.5. The van der Waals surface area contributed by atoms with Gasteiger partial charge in [0.25, 0.3) is 0 Å². The Balaban J connectivity index is 2.55. The fourth-order valence-corrected chi connectivity index (χ4v) is 5.78. The van der Waals surface area contributed by atoms with Crippen LogP contribution in [0.25, 0.3) is 0 Å². The van der Waals surface area contributed by atoms with E-state index in [0.29, 0.717) is 29.6 Å². The van der Waals surface area contributed by atoms with Crippen molar-refractivity contribution in [2.45, 2.75) is 24.5 Å². The van der Waals surface area contributed by atoms with Crippen molar-refractivity contribution >= 4 is 38.6 Å². The fourth-order valence-electron chi connectivity index (χ4n) is 2.66. The topological polar surface area (TPSA) is 73.2 Å². The molecule has 0 radical (unpaired) electrons. The molecule has 134 valence electrons. The third-order valence-corrected chi connectivity index (χ3v) is 7.95. The van der Waals surface area contributed by atoms with Gasteiger partial charge in [0.15, 0.2) is 10.9 Å². The molecule has 0 aromatic heterocycles. The molecule has 0 bridgehead atoms. The summed E-state index contributed by atoms with van der Waals surface area (Å²) in [5.74, 6) is 0.364. The predicted octanol–water partition coefficient (Wildman–Crippen LogP) is 2.18. The molecule has 9 heteroatoms. The van der Waals surface area contributed by atoms with Crippen LogP contribution in [0, 0.1) is 0 Å². The van der Waals surface area contributed by atoms with Gasteiger partial charge in [-0.1, -0.05) is 43.3 Å². The summed E-state index contributed by atoms with van der Waals surface area (Å²) >= 11 is 7.57. The number of rotatable bonds is 5. The molecule has 6 nitrogen and oxygen atoms in total. The molecule has 1 aromatic rings. The van der Waals surface area contributed by atoms with Crippen molar-refractivity contribution in [3.8, 4) is 0 Å². The third kappa shape index (κ3) is 3.17. The quantitative estimate of drug-likeness (QED) is 0.832. The molecule has 1 atom stereocenters. The van der Waals surface area contributed by atoms with Crippen molar-refractivity contribution in [3.05, 3.63) is 28.8 Å². The molecule has 1 fully saturated rings. The second-order valence-electron chi connectivity index (χ2n) is 5.41. The van der Waals surface area contributed by atoms with E-state index in [4.69, 9.17) is 11.6 Å². The second-order valence-corrected chi connectivity index (χ2v) is 8.66. The van der Waals surface area contributed by atoms with E-state index < -0.39 is 15.7 Å². The van der Waals surface area contributed by atoms with Crippen molar-refractivity contribution in [2.24, 2.45) is 4.99 Å². The van der Waals surface area contributed by atoms with Crippen molar-refractivity contribution in [3.63, 3.8) is 0 Å². The molecule has 2 rings (SSSR count). The van der Waals surface area contributed by atoms with Crippen LogP contribution in [-0.2, 0) is 15.7 Å². The van der Waals surface area contributed by atoms with Crippen molar-refractivity contribution in [2.75, 3.05) is 32.9 Å². The lowest BCUT2D eigenvalue weighted by Gasteiger charge is -2.32. The van der Waals surface area contributed by atoms with E-state index >= 15 is 0 Å². The largest absolute Gasteiger partial charge is 0.366 e. The van der Waals surface area contributed by atoms with E-state index in [-0.39, 0.29) is 9.92 Å². The van der Waals surface area contributed by atoms with Gasteiger partial charge in [0, 0.05) is 32.7 Å². The zero-order valence-electron chi connectivity index (χ0n) is 14.2. The first-order valence-corrected chi connectivity index (χ1v) is 10.4. The van der Waals surface area contributed by atoms with Crippen LogP contribution >= 0.6 is 23.4 Å². The predicted molar refractivity (Wildman–Crippen MR) is 99.0 cm³/mol. The van der Waals surface area contributed by atoms with Gasteiger partial charge in [-0.05, 0) is 12.1 Å². The first-order valence-electron chi connectivity index (χ1n) is 7.58. The zero-order valence-corrected chi connectivity index (χ0v) is 16.5. The summed E-state index contributed by atoms with van der Waals surface area (Å²) in [6.45, 7) is 4.26. The molecule has 1 aliphatic rings. The first-order chi connectivity index (χ1) is 11.2. The van der Waals surface area contributed by atoms with Crippen molar-refractivity contribution < 1.29 is 13.5 Å². The van der Waals surface area contributed by atoms with Gasteiger partial charge in [-0.15, -0.1) is 0 Å². The van der Waals surface area contributed by atoms with Crippen LogP contribution in [0.3, 0.4) is 0 Å². The number of halogens is 1. The number of nitrogens with zero attached hydrogens (tertiary/aromatic N) is 3. The second kappa shape index (κ2) is 7.21. The Labute approximate surface area is 152 Å². The Kier molecular flexibility index (Phi) is 5.87. The smallest absolute Gasteiger partial charge is 0.244 e. The number of thioether (sulfide) groups is 1. The summed E-state index contributed by atoms with van der Waals surface area (Å²) in [4.78, 5) is 5.79. The molecule has 0 aliphatic carbocycles. The van der Waals surface area contributed by atoms with Gasteiger partial charge >= 0.3 is 0 Å². The number of sulfonamides is 1. The van der Waals surface area contributed by atoms with Crippen LogP contribution < -0.4 is 0 Å². The van der Waals surface area contributed by atoms with Gasteiger partial charge in [-0.3, -0.25) is 4.99 Å². The molecule has 1 N–H and O–H groups in total. The number of hydrogen-bond acceptors (Lipinski definition) is 5. The molecule has 0 spiro atoms. The number of aliphatic imine (C=N–C) groups is 1. The van der Waals surface area contributed by atoms with E-state index in [1.807, 2.05) is 0 Å². The minimum Gasteiger partial charge on any atom is -0.366 e. The normalized spacial score (nSPS) is 23.5. The maximum atomic E-state index is 12.8.